The molecule has 1 aliphatic heterocycles. The van der Waals surface area contributed by atoms with Gasteiger partial charge >= 0.3 is 0 Å². The maximum atomic E-state index is 13.3. The topological polar surface area (TPSA) is 101 Å². The van der Waals surface area contributed by atoms with Gasteiger partial charge in [-0.1, -0.05) is 0 Å². The Balaban J connectivity index is 1.96. The average molecular weight is 421 g/mol. The highest BCUT2D eigenvalue weighted by Gasteiger charge is 2.53. The van der Waals surface area contributed by atoms with Crippen LogP contribution < -0.4 is 10.6 Å². The van der Waals surface area contributed by atoms with Crippen molar-refractivity contribution in [3.8, 4) is 0 Å². The first-order valence-corrected chi connectivity index (χ1v) is 10.8. The first-order chi connectivity index (χ1) is 14.0. The van der Waals surface area contributed by atoms with Gasteiger partial charge in [-0.15, -0.1) is 0 Å². The van der Waals surface area contributed by atoms with Gasteiger partial charge in [-0.05, 0) is 53.4 Å². The van der Waals surface area contributed by atoms with Crippen LogP contribution in [-0.4, -0.2) is 73.8 Å². The summed E-state index contributed by atoms with van der Waals surface area (Å²) in [5, 5.41) is 6.17. The van der Waals surface area contributed by atoms with Crippen LogP contribution in [0.2, 0.25) is 0 Å². The van der Waals surface area contributed by atoms with E-state index >= 15 is 0 Å². The molecule has 2 unspecified atom stereocenters. The van der Waals surface area contributed by atoms with Crippen molar-refractivity contribution in [1.82, 2.24) is 10.6 Å². The van der Waals surface area contributed by atoms with E-state index in [9.17, 15) is 9.59 Å². The number of rotatable bonds is 4. The molecule has 30 heavy (non-hydrogen) atoms. The van der Waals surface area contributed by atoms with Crippen LogP contribution in [0, 0.1) is 11.8 Å². The lowest BCUT2D eigenvalue weighted by Crippen LogP contribution is -2.60. The Morgan fingerprint density at radius 1 is 0.767 bits per heavy atom. The Morgan fingerprint density at radius 2 is 1.10 bits per heavy atom. The summed E-state index contributed by atoms with van der Waals surface area (Å²) >= 11 is 0. The molecule has 1 heterocycles. The fraction of sp³-hybridized carbons (Fsp3) is 0.818. The molecule has 0 spiro atoms. The second-order valence-electron chi connectivity index (χ2n) is 10.2. The van der Waals surface area contributed by atoms with Gasteiger partial charge in [-0.2, -0.15) is 0 Å². The highest BCUT2D eigenvalue weighted by Crippen LogP contribution is 2.42. The number of methoxy groups -OCH3 is 2. The summed E-state index contributed by atoms with van der Waals surface area (Å²) < 4.78 is 11.5. The minimum absolute atomic E-state index is 0.104. The second-order valence-corrected chi connectivity index (χ2v) is 10.2. The summed E-state index contributed by atoms with van der Waals surface area (Å²) in [6.45, 7) is 8.27. The van der Waals surface area contributed by atoms with E-state index in [1.807, 2.05) is 27.7 Å². The number of ether oxygens (including phenoxy) is 2. The molecule has 2 amide bonds. The first-order valence-electron chi connectivity index (χ1n) is 10.8. The van der Waals surface area contributed by atoms with E-state index < -0.39 is 22.3 Å². The summed E-state index contributed by atoms with van der Waals surface area (Å²) in [4.78, 5) is 35.7. The number of carbonyl (C=O) groups excluding carboxylic acids is 2. The van der Waals surface area contributed by atoms with Gasteiger partial charge in [0.25, 0.3) is 11.8 Å². The molecule has 0 aromatic carbocycles. The molecule has 2 N–H and O–H groups in total. The standard InChI is InChI=1S/C22H36N4O4/c1-19(2)11-23-13-22(30-6,16-9-10-16)18(28)26-20(3,4)12-24-14-21(29-5,15-7-8-15)17(27)25-19/h13-16H,7-12H2,1-6H3,(H,25,27)(H,26,28). The third-order valence-electron chi connectivity index (χ3n) is 6.20. The lowest BCUT2D eigenvalue weighted by molar-refractivity contribution is -0.140. The predicted molar refractivity (Wildman–Crippen MR) is 116 cm³/mol. The van der Waals surface area contributed by atoms with Crippen molar-refractivity contribution in [3.63, 3.8) is 0 Å². The molecule has 3 aliphatic rings. The largest absolute Gasteiger partial charge is 0.362 e. The quantitative estimate of drug-likeness (QED) is 0.720. The highest BCUT2D eigenvalue weighted by atomic mass is 16.5. The smallest absolute Gasteiger partial charge is 0.258 e. The number of hydrogen-bond acceptors (Lipinski definition) is 6. The summed E-state index contributed by atoms with van der Waals surface area (Å²) in [5.74, 6) is -0.189. The van der Waals surface area contributed by atoms with Crippen LogP contribution in [0.25, 0.3) is 0 Å². The fourth-order valence-corrected chi connectivity index (χ4v) is 4.06. The Labute approximate surface area is 179 Å². The third-order valence-corrected chi connectivity index (χ3v) is 6.20. The zero-order valence-corrected chi connectivity index (χ0v) is 19.1. The van der Waals surface area contributed by atoms with E-state index in [-0.39, 0.29) is 23.7 Å². The van der Waals surface area contributed by atoms with Crippen LogP contribution in [0.5, 0.6) is 0 Å². The van der Waals surface area contributed by atoms with Gasteiger partial charge < -0.3 is 20.1 Å². The minimum atomic E-state index is -1.10. The molecular weight excluding hydrogens is 384 g/mol. The maximum absolute atomic E-state index is 13.3. The molecule has 2 fully saturated rings. The van der Waals surface area contributed by atoms with Crippen LogP contribution in [0.4, 0.5) is 0 Å². The van der Waals surface area contributed by atoms with Crippen LogP contribution in [0.3, 0.4) is 0 Å². The molecule has 0 aromatic heterocycles. The number of aliphatic imine (C=N–C) groups is 2. The minimum Gasteiger partial charge on any atom is -0.362 e. The van der Waals surface area contributed by atoms with Gasteiger partial charge in [0, 0.05) is 38.5 Å². The van der Waals surface area contributed by atoms with Crippen molar-refractivity contribution in [1.29, 1.82) is 0 Å². The van der Waals surface area contributed by atoms with Crippen LogP contribution in [0.1, 0.15) is 53.4 Å². The molecule has 0 radical (unpaired) electrons. The lowest BCUT2D eigenvalue weighted by Gasteiger charge is -2.35. The SMILES string of the molecule is COC1(C2CC2)C=NCC(C)(C)NC(=O)C(OC)(C2CC2)C=NCC(C)(C)NC1=O. The van der Waals surface area contributed by atoms with Crippen molar-refractivity contribution >= 4 is 24.2 Å². The maximum Gasteiger partial charge on any atom is 0.258 e. The second kappa shape index (κ2) is 8.04. The van der Waals surface area contributed by atoms with Gasteiger partial charge in [0.15, 0.2) is 11.2 Å². The molecule has 8 heteroatoms. The number of carbonyl (C=O) groups is 2. The van der Waals surface area contributed by atoms with Gasteiger partial charge in [-0.3, -0.25) is 19.6 Å². The van der Waals surface area contributed by atoms with E-state index in [0.29, 0.717) is 13.1 Å². The molecule has 0 saturated heterocycles. The Hall–Kier alpha value is -1.80. The Morgan fingerprint density at radius 3 is 1.37 bits per heavy atom. The van der Waals surface area contributed by atoms with E-state index in [4.69, 9.17) is 9.47 Å². The highest BCUT2D eigenvalue weighted by molar-refractivity contribution is 6.04. The molecular formula is C22H36N4O4. The van der Waals surface area contributed by atoms with Crippen molar-refractivity contribution in [3.05, 3.63) is 0 Å². The number of nitrogens with zero attached hydrogens (tertiary/aromatic N) is 2. The van der Waals surface area contributed by atoms with Gasteiger partial charge in [0.05, 0.1) is 24.2 Å². The van der Waals surface area contributed by atoms with Crippen molar-refractivity contribution in [2.45, 2.75) is 75.7 Å². The lowest BCUT2D eigenvalue weighted by atomic mass is 9.93. The van der Waals surface area contributed by atoms with Crippen molar-refractivity contribution < 1.29 is 19.1 Å². The van der Waals surface area contributed by atoms with Crippen molar-refractivity contribution in [2.24, 2.45) is 21.8 Å². The first kappa shape index (κ1) is 22.9. The molecule has 2 saturated carbocycles. The van der Waals surface area contributed by atoms with Crippen LogP contribution in [0.15, 0.2) is 9.98 Å². The van der Waals surface area contributed by atoms with Crippen molar-refractivity contribution in [2.75, 3.05) is 27.3 Å². The van der Waals surface area contributed by atoms with E-state index in [0.717, 1.165) is 25.7 Å². The Kier molecular flexibility index (Phi) is 6.13. The zero-order valence-electron chi connectivity index (χ0n) is 19.1. The van der Waals surface area contributed by atoms with E-state index in [2.05, 4.69) is 20.6 Å². The Bertz CT molecular complexity index is 677. The normalized spacial score (nSPS) is 34.7. The van der Waals surface area contributed by atoms with Gasteiger partial charge in [0.1, 0.15) is 0 Å². The molecule has 0 bridgehead atoms. The molecule has 8 nitrogen and oxygen atoms in total. The van der Waals surface area contributed by atoms with Gasteiger partial charge in [0.2, 0.25) is 0 Å². The predicted octanol–water partition coefficient (Wildman–Crippen LogP) is 1.52. The summed E-state index contributed by atoms with van der Waals surface area (Å²) in [7, 11) is 3.10. The summed E-state index contributed by atoms with van der Waals surface area (Å²) in [6.07, 6.45) is 6.94. The fourth-order valence-electron chi connectivity index (χ4n) is 4.06. The zero-order chi connectivity index (χ0) is 22.2. The van der Waals surface area contributed by atoms with Crippen LogP contribution in [-0.2, 0) is 19.1 Å². The monoisotopic (exact) mass is 420 g/mol. The molecule has 3 rings (SSSR count). The summed E-state index contributed by atoms with van der Waals surface area (Å²) in [5.41, 5.74) is -3.45. The average Bonchev–Trinajstić information content (AvgIpc) is 3.53. The molecule has 0 aromatic rings. The number of amides is 2. The van der Waals surface area contributed by atoms with Gasteiger partial charge in [-0.25, -0.2) is 0 Å². The molecule has 2 aliphatic carbocycles. The molecule has 168 valence electrons. The van der Waals surface area contributed by atoms with E-state index in [1.165, 1.54) is 0 Å². The number of hydrogen-bond donors (Lipinski definition) is 2. The van der Waals surface area contributed by atoms with E-state index in [1.54, 1.807) is 26.6 Å². The number of nitrogens with one attached hydrogen (secondary N) is 2. The van der Waals surface area contributed by atoms with Crippen LogP contribution >= 0.6 is 0 Å². The third kappa shape index (κ3) is 4.59. The summed E-state index contributed by atoms with van der Waals surface area (Å²) in [6, 6.07) is 0. The molecule has 2 atom stereocenters.